The second-order valence-electron chi connectivity index (χ2n) is 5.14. The lowest BCUT2D eigenvalue weighted by molar-refractivity contribution is -0.117. The van der Waals surface area contributed by atoms with Gasteiger partial charge in [0.15, 0.2) is 0 Å². The van der Waals surface area contributed by atoms with Crippen LogP contribution in [0.25, 0.3) is 0 Å². The van der Waals surface area contributed by atoms with Crippen molar-refractivity contribution in [2.45, 2.75) is 19.9 Å². The quantitative estimate of drug-likeness (QED) is 0.895. The standard InChI is InChI=1S/C15H17Cl2N3O2/c1-9-6-15(22-19-9)18-14(21)8-20(3)10(2)12-5-4-11(16)7-13(12)17/h4-7,10H,8H2,1-3H3,(H,18,21)/t10-/m0/s1. The molecule has 0 radical (unpaired) electrons. The minimum absolute atomic E-state index is 0.0352. The maximum atomic E-state index is 12.0. The SMILES string of the molecule is Cc1cc(NC(=O)CN(C)[C@@H](C)c2ccc(Cl)cc2Cl)on1. The summed E-state index contributed by atoms with van der Waals surface area (Å²) in [5, 5.41) is 7.54. The Morgan fingerprint density at radius 2 is 2.14 bits per heavy atom. The molecule has 0 aliphatic carbocycles. The predicted molar refractivity (Wildman–Crippen MR) is 87.4 cm³/mol. The van der Waals surface area contributed by atoms with Gasteiger partial charge in [0.25, 0.3) is 0 Å². The van der Waals surface area contributed by atoms with E-state index in [1.165, 1.54) is 0 Å². The van der Waals surface area contributed by atoms with Crippen LogP contribution in [0.3, 0.4) is 0 Å². The molecule has 2 aromatic rings. The maximum absolute atomic E-state index is 12.0. The Labute approximate surface area is 139 Å². The zero-order valence-electron chi connectivity index (χ0n) is 12.6. The van der Waals surface area contributed by atoms with Gasteiger partial charge in [-0.3, -0.25) is 15.0 Å². The first-order valence-corrected chi connectivity index (χ1v) is 7.50. The number of benzene rings is 1. The minimum Gasteiger partial charge on any atom is -0.338 e. The summed E-state index contributed by atoms with van der Waals surface area (Å²) in [4.78, 5) is 13.9. The largest absolute Gasteiger partial charge is 0.338 e. The molecule has 0 spiro atoms. The van der Waals surface area contributed by atoms with Gasteiger partial charge in [-0.2, -0.15) is 0 Å². The summed E-state index contributed by atoms with van der Waals surface area (Å²) in [7, 11) is 1.85. The van der Waals surface area contributed by atoms with Gasteiger partial charge in [-0.25, -0.2) is 0 Å². The molecule has 0 saturated heterocycles. The molecule has 1 amide bonds. The first-order chi connectivity index (χ1) is 10.4. The van der Waals surface area contributed by atoms with Gasteiger partial charge in [0.05, 0.1) is 12.2 Å². The molecule has 2 rings (SSSR count). The van der Waals surface area contributed by atoms with Crippen LogP contribution in [0, 0.1) is 6.92 Å². The number of carbonyl (C=O) groups is 1. The number of carbonyl (C=O) groups excluding carboxylic acids is 1. The van der Waals surface area contributed by atoms with Crippen molar-refractivity contribution in [3.05, 3.63) is 45.6 Å². The molecule has 1 aromatic heterocycles. The molecule has 1 heterocycles. The molecule has 1 aromatic carbocycles. The van der Waals surface area contributed by atoms with Crippen molar-refractivity contribution in [3.8, 4) is 0 Å². The van der Waals surface area contributed by atoms with E-state index in [1.807, 2.05) is 24.9 Å². The molecule has 0 unspecified atom stereocenters. The molecule has 7 heteroatoms. The number of hydrogen-bond acceptors (Lipinski definition) is 4. The van der Waals surface area contributed by atoms with Crippen molar-refractivity contribution in [2.75, 3.05) is 18.9 Å². The fourth-order valence-corrected chi connectivity index (χ4v) is 2.61. The van der Waals surface area contributed by atoms with Gasteiger partial charge in [0, 0.05) is 22.2 Å². The Morgan fingerprint density at radius 3 is 2.73 bits per heavy atom. The fraction of sp³-hybridized carbons (Fsp3) is 0.333. The molecule has 0 aliphatic heterocycles. The van der Waals surface area contributed by atoms with Crippen molar-refractivity contribution in [2.24, 2.45) is 0 Å². The van der Waals surface area contributed by atoms with Crippen LogP contribution in [-0.2, 0) is 4.79 Å². The van der Waals surface area contributed by atoms with Gasteiger partial charge in [0.2, 0.25) is 11.8 Å². The van der Waals surface area contributed by atoms with Crippen LogP contribution in [0.2, 0.25) is 10.0 Å². The third-order valence-corrected chi connectivity index (χ3v) is 3.92. The van der Waals surface area contributed by atoms with Gasteiger partial charge in [0.1, 0.15) is 0 Å². The Kier molecular flexibility index (Phi) is 5.45. The Bertz CT molecular complexity index is 673. The third-order valence-electron chi connectivity index (χ3n) is 3.36. The summed E-state index contributed by atoms with van der Waals surface area (Å²) in [6.45, 7) is 3.96. The molecular formula is C15H17Cl2N3O2. The van der Waals surface area contributed by atoms with Crippen molar-refractivity contribution < 1.29 is 9.32 Å². The Morgan fingerprint density at radius 1 is 1.41 bits per heavy atom. The van der Waals surface area contributed by atoms with E-state index < -0.39 is 0 Å². The Hall–Kier alpha value is -1.56. The lowest BCUT2D eigenvalue weighted by Gasteiger charge is -2.25. The molecule has 0 fully saturated rings. The molecule has 1 atom stereocenters. The number of aromatic nitrogens is 1. The maximum Gasteiger partial charge on any atom is 0.240 e. The smallest absolute Gasteiger partial charge is 0.240 e. The number of aryl methyl sites for hydroxylation is 1. The summed E-state index contributed by atoms with van der Waals surface area (Å²) in [5.41, 5.74) is 1.63. The van der Waals surface area contributed by atoms with E-state index in [1.54, 1.807) is 25.1 Å². The molecule has 0 aliphatic rings. The first-order valence-electron chi connectivity index (χ1n) is 6.75. The van der Waals surface area contributed by atoms with E-state index in [0.717, 1.165) is 5.56 Å². The highest BCUT2D eigenvalue weighted by molar-refractivity contribution is 6.35. The molecule has 22 heavy (non-hydrogen) atoms. The van der Waals surface area contributed by atoms with Crippen molar-refractivity contribution >= 4 is 35.0 Å². The lowest BCUT2D eigenvalue weighted by atomic mass is 10.1. The van der Waals surface area contributed by atoms with Gasteiger partial charge in [-0.15, -0.1) is 0 Å². The normalized spacial score (nSPS) is 12.5. The number of rotatable bonds is 5. The summed E-state index contributed by atoms with van der Waals surface area (Å²) in [6.07, 6.45) is 0. The number of hydrogen-bond donors (Lipinski definition) is 1. The van der Waals surface area contributed by atoms with Crippen LogP contribution in [0.5, 0.6) is 0 Å². The number of amides is 1. The average Bonchev–Trinajstić information content (AvgIpc) is 2.83. The summed E-state index contributed by atoms with van der Waals surface area (Å²) in [5.74, 6) is 0.156. The number of nitrogens with zero attached hydrogens (tertiary/aromatic N) is 2. The summed E-state index contributed by atoms with van der Waals surface area (Å²) < 4.78 is 4.96. The number of halogens is 2. The third kappa shape index (κ3) is 4.22. The zero-order valence-corrected chi connectivity index (χ0v) is 14.1. The Balaban J connectivity index is 1.98. The molecule has 0 bridgehead atoms. The van der Waals surface area contributed by atoms with Crippen LogP contribution in [-0.4, -0.2) is 29.6 Å². The molecule has 1 N–H and O–H groups in total. The highest BCUT2D eigenvalue weighted by Crippen LogP contribution is 2.28. The van der Waals surface area contributed by atoms with Crippen LogP contribution >= 0.6 is 23.2 Å². The first kappa shape index (κ1) is 16.8. The van der Waals surface area contributed by atoms with Crippen LogP contribution in [0.1, 0.15) is 24.2 Å². The molecule has 5 nitrogen and oxygen atoms in total. The number of anilines is 1. The van der Waals surface area contributed by atoms with E-state index >= 15 is 0 Å². The van der Waals surface area contributed by atoms with Gasteiger partial charge in [-0.05, 0) is 38.6 Å². The molecular weight excluding hydrogens is 325 g/mol. The average molecular weight is 342 g/mol. The van der Waals surface area contributed by atoms with E-state index in [-0.39, 0.29) is 18.5 Å². The van der Waals surface area contributed by atoms with Gasteiger partial charge in [-0.1, -0.05) is 34.4 Å². The zero-order chi connectivity index (χ0) is 16.3. The molecule has 118 valence electrons. The van der Waals surface area contributed by atoms with E-state index in [4.69, 9.17) is 27.7 Å². The number of nitrogens with one attached hydrogen (secondary N) is 1. The summed E-state index contributed by atoms with van der Waals surface area (Å²) >= 11 is 12.1. The van der Waals surface area contributed by atoms with Crippen LogP contribution in [0.4, 0.5) is 5.88 Å². The highest BCUT2D eigenvalue weighted by atomic mass is 35.5. The van der Waals surface area contributed by atoms with E-state index in [0.29, 0.717) is 21.6 Å². The predicted octanol–water partition coefficient (Wildman–Crippen LogP) is 3.92. The topological polar surface area (TPSA) is 58.4 Å². The second kappa shape index (κ2) is 7.13. The lowest BCUT2D eigenvalue weighted by Crippen LogP contribution is -2.32. The minimum atomic E-state index is -0.185. The van der Waals surface area contributed by atoms with E-state index in [2.05, 4.69) is 10.5 Å². The van der Waals surface area contributed by atoms with Crippen LogP contribution < -0.4 is 5.32 Å². The van der Waals surface area contributed by atoms with Crippen LogP contribution in [0.15, 0.2) is 28.8 Å². The number of likely N-dealkylation sites (N-methyl/N-ethyl adjacent to an activating group) is 1. The van der Waals surface area contributed by atoms with Gasteiger partial charge < -0.3 is 4.52 Å². The van der Waals surface area contributed by atoms with Gasteiger partial charge >= 0.3 is 0 Å². The van der Waals surface area contributed by atoms with Crippen molar-refractivity contribution in [1.29, 1.82) is 0 Å². The van der Waals surface area contributed by atoms with Crippen molar-refractivity contribution in [3.63, 3.8) is 0 Å². The van der Waals surface area contributed by atoms with Crippen molar-refractivity contribution in [1.82, 2.24) is 10.1 Å². The monoisotopic (exact) mass is 341 g/mol. The molecule has 0 saturated carbocycles. The second-order valence-corrected chi connectivity index (χ2v) is 5.98. The van der Waals surface area contributed by atoms with E-state index in [9.17, 15) is 4.79 Å². The summed E-state index contributed by atoms with van der Waals surface area (Å²) in [6, 6.07) is 6.97. The highest BCUT2D eigenvalue weighted by Gasteiger charge is 2.18. The fourth-order valence-electron chi connectivity index (χ4n) is 2.04.